The van der Waals surface area contributed by atoms with Crippen molar-refractivity contribution >= 4 is 22.8 Å². The lowest BCUT2D eigenvalue weighted by Gasteiger charge is -2.36. The molecule has 3 N–H and O–H groups in total. The van der Waals surface area contributed by atoms with Crippen LogP contribution in [0.4, 0.5) is 13.2 Å². The zero-order valence-electron chi connectivity index (χ0n) is 18.4. The van der Waals surface area contributed by atoms with Gasteiger partial charge in [-0.1, -0.05) is 18.2 Å². The van der Waals surface area contributed by atoms with Crippen molar-refractivity contribution in [2.75, 3.05) is 0 Å². The Morgan fingerprint density at radius 2 is 1.91 bits per heavy atom. The molecule has 9 heteroatoms. The number of thiophene rings is 1. The van der Waals surface area contributed by atoms with Crippen LogP contribution in [0.5, 0.6) is 0 Å². The fourth-order valence-electron chi connectivity index (χ4n) is 4.50. The van der Waals surface area contributed by atoms with Crippen molar-refractivity contribution in [1.29, 1.82) is 0 Å². The number of benzene rings is 1. The Balaban J connectivity index is 1.42. The summed E-state index contributed by atoms with van der Waals surface area (Å²) in [6.07, 6.45) is 4.10. The average Bonchev–Trinajstić information content (AvgIpc) is 3.39. The van der Waals surface area contributed by atoms with Gasteiger partial charge in [0.15, 0.2) is 0 Å². The number of hydrogen-bond donors (Lipinski definition) is 2. The third-order valence-electron chi connectivity index (χ3n) is 6.34. The van der Waals surface area contributed by atoms with Gasteiger partial charge in [-0.25, -0.2) is 17.7 Å². The molecule has 3 aromatic heterocycles. The van der Waals surface area contributed by atoms with E-state index in [0.717, 1.165) is 32.6 Å². The van der Waals surface area contributed by atoms with Gasteiger partial charge in [-0.2, -0.15) is 5.10 Å². The lowest BCUT2D eigenvalue weighted by atomic mass is 9.87. The summed E-state index contributed by atoms with van der Waals surface area (Å²) in [6, 6.07) is 9.63. The molecular formula is C25H23F3N4OS. The molecule has 5 rings (SSSR count). The van der Waals surface area contributed by atoms with E-state index in [1.165, 1.54) is 23.5 Å². The minimum atomic E-state index is -3.02. The number of nitrogens with two attached hydrogens (primary N) is 1. The fraction of sp³-hybridized carbons (Fsp3) is 0.280. The van der Waals surface area contributed by atoms with Crippen LogP contribution in [0.1, 0.15) is 33.8 Å². The third kappa shape index (κ3) is 4.10. The summed E-state index contributed by atoms with van der Waals surface area (Å²) in [5, 5.41) is 6.92. The maximum absolute atomic E-state index is 14.3. The van der Waals surface area contributed by atoms with Crippen LogP contribution in [0, 0.1) is 12.7 Å². The van der Waals surface area contributed by atoms with Crippen LogP contribution < -0.4 is 11.1 Å². The fourth-order valence-corrected chi connectivity index (χ4v) is 5.44. The van der Waals surface area contributed by atoms with Crippen molar-refractivity contribution < 1.29 is 18.0 Å². The number of nitrogens with zero attached hydrogens (tertiary/aromatic N) is 2. The van der Waals surface area contributed by atoms with Crippen molar-refractivity contribution in [3.8, 4) is 22.3 Å². The Morgan fingerprint density at radius 1 is 1.18 bits per heavy atom. The molecule has 1 amide bonds. The molecule has 0 radical (unpaired) electrons. The van der Waals surface area contributed by atoms with Crippen LogP contribution >= 0.6 is 11.3 Å². The molecule has 0 aliphatic heterocycles. The molecule has 1 aromatic carbocycles. The molecule has 1 fully saturated rings. The van der Waals surface area contributed by atoms with E-state index < -0.39 is 23.9 Å². The van der Waals surface area contributed by atoms with Crippen molar-refractivity contribution in [1.82, 2.24) is 14.9 Å². The van der Waals surface area contributed by atoms with Crippen LogP contribution in [-0.4, -0.2) is 33.5 Å². The number of carbonyl (C=O) groups is 1. The molecule has 0 saturated heterocycles. The molecule has 34 heavy (non-hydrogen) atoms. The van der Waals surface area contributed by atoms with Crippen molar-refractivity contribution in [2.24, 2.45) is 5.73 Å². The Morgan fingerprint density at radius 3 is 2.65 bits per heavy atom. The smallest absolute Gasteiger partial charge is 0.269 e. The van der Waals surface area contributed by atoms with Crippen LogP contribution in [0.2, 0.25) is 0 Å². The van der Waals surface area contributed by atoms with Crippen LogP contribution in [0.25, 0.3) is 27.8 Å². The quantitative estimate of drug-likeness (QED) is 0.406. The van der Waals surface area contributed by atoms with Crippen molar-refractivity contribution in [3.63, 3.8) is 0 Å². The Bertz CT molecular complexity index is 1360. The molecule has 2 atom stereocenters. The van der Waals surface area contributed by atoms with Gasteiger partial charge in [0, 0.05) is 34.7 Å². The summed E-state index contributed by atoms with van der Waals surface area (Å²) >= 11 is 1.25. The maximum Gasteiger partial charge on any atom is 0.269 e. The highest BCUT2D eigenvalue weighted by atomic mass is 32.1. The topological polar surface area (TPSA) is 72.4 Å². The van der Waals surface area contributed by atoms with Gasteiger partial charge in [-0.3, -0.25) is 4.79 Å². The van der Waals surface area contributed by atoms with Gasteiger partial charge in [-0.05, 0) is 55.2 Å². The van der Waals surface area contributed by atoms with Gasteiger partial charge < -0.3 is 11.1 Å². The van der Waals surface area contributed by atoms with Gasteiger partial charge >= 0.3 is 0 Å². The zero-order chi connectivity index (χ0) is 24.0. The summed E-state index contributed by atoms with van der Waals surface area (Å²) in [5.74, 6) is -3.86. The minimum Gasteiger partial charge on any atom is -0.341 e. The van der Waals surface area contributed by atoms with Gasteiger partial charge in [0.2, 0.25) is 0 Å². The predicted octanol–water partition coefficient (Wildman–Crippen LogP) is 5.42. The number of fused-ring (bicyclic) bond motifs is 1. The van der Waals surface area contributed by atoms with Crippen LogP contribution in [0.15, 0.2) is 54.9 Å². The summed E-state index contributed by atoms with van der Waals surface area (Å²) in [6.45, 7) is 1.88. The Kier molecular flexibility index (Phi) is 5.69. The minimum absolute atomic E-state index is 0.275. The number of nitrogens with one attached hydrogen (secondary N) is 1. The number of amides is 1. The van der Waals surface area contributed by atoms with Gasteiger partial charge in [-0.15, -0.1) is 11.3 Å². The molecule has 5 nitrogen and oxygen atoms in total. The van der Waals surface area contributed by atoms with Crippen molar-refractivity contribution in [2.45, 2.75) is 44.2 Å². The first-order chi connectivity index (χ1) is 16.2. The average molecular weight is 485 g/mol. The first-order valence-electron chi connectivity index (χ1n) is 11.0. The van der Waals surface area contributed by atoms with Crippen LogP contribution in [-0.2, 0) is 0 Å². The standard InChI is InChI=1S/C25H23F3N4OS/c1-14-18(11-22(34-14)24(33)31-23-20(29)3-2-10-25(23,27)28)19-12-30-32-13-16(6-9-21(19)32)15-4-7-17(26)8-5-15/h4-9,11-13,20,23H,2-3,10,29H2,1H3,(H,31,33). The summed E-state index contributed by atoms with van der Waals surface area (Å²) < 4.78 is 43.6. The van der Waals surface area contributed by atoms with E-state index in [2.05, 4.69) is 10.4 Å². The van der Waals surface area contributed by atoms with Gasteiger partial charge in [0.05, 0.1) is 16.6 Å². The first-order valence-corrected chi connectivity index (χ1v) is 11.8. The number of aromatic nitrogens is 2. The highest BCUT2D eigenvalue weighted by molar-refractivity contribution is 7.14. The SMILES string of the molecule is Cc1sc(C(=O)NC2C(N)CCCC2(F)F)cc1-c1cnn2cc(-c3ccc(F)cc3)ccc12. The number of rotatable bonds is 4. The number of hydrogen-bond acceptors (Lipinski definition) is 4. The molecule has 1 aliphatic rings. The summed E-state index contributed by atoms with van der Waals surface area (Å²) in [5.41, 5.74) is 10.1. The molecule has 1 aliphatic carbocycles. The number of alkyl halides is 2. The predicted molar refractivity (Wildman–Crippen MR) is 127 cm³/mol. The molecule has 0 bridgehead atoms. The lowest BCUT2D eigenvalue weighted by Crippen LogP contribution is -2.59. The number of carbonyl (C=O) groups excluding carboxylic acids is 1. The van der Waals surface area contributed by atoms with E-state index in [1.807, 2.05) is 25.3 Å². The Labute approximate surface area is 198 Å². The first kappa shape index (κ1) is 22.6. The molecule has 0 spiro atoms. The highest BCUT2D eigenvalue weighted by Gasteiger charge is 2.46. The normalized spacial score (nSPS) is 19.9. The maximum atomic E-state index is 14.3. The summed E-state index contributed by atoms with van der Waals surface area (Å²) in [4.78, 5) is 14.1. The van der Waals surface area contributed by atoms with E-state index in [1.54, 1.807) is 28.9 Å². The molecular weight excluding hydrogens is 461 g/mol. The van der Waals surface area contributed by atoms with E-state index in [4.69, 9.17) is 5.73 Å². The zero-order valence-corrected chi connectivity index (χ0v) is 19.2. The van der Waals surface area contributed by atoms with E-state index >= 15 is 0 Å². The third-order valence-corrected chi connectivity index (χ3v) is 7.39. The number of halogens is 3. The van der Waals surface area contributed by atoms with Gasteiger partial charge in [0.1, 0.15) is 11.9 Å². The summed E-state index contributed by atoms with van der Waals surface area (Å²) in [7, 11) is 0. The second-order valence-electron chi connectivity index (χ2n) is 8.66. The molecule has 3 heterocycles. The largest absolute Gasteiger partial charge is 0.341 e. The molecule has 1 saturated carbocycles. The van der Waals surface area contributed by atoms with E-state index in [0.29, 0.717) is 17.7 Å². The highest BCUT2D eigenvalue weighted by Crippen LogP contribution is 2.36. The molecule has 2 unspecified atom stereocenters. The lowest BCUT2D eigenvalue weighted by molar-refractivity contribution is -0.0674. The second kappa shape index (κ2) is 8.56. The number of aryl methyl sites for hydroxylation is 1. The van der Waals surface area contributed by atoms with E-state index in [-0.39, 0.29) is 12.2 Å². The monoisotopic (exact) mass is 484 g/mol. The molecule has 176 valence electrons. The van der Waals surface area contributed by atoms with Gasteiger partial charge in [0.25, 0.3) is 11.8 Å². The van der Waals surface area contributed by atoms with Crippen LogP contribution in [0.3, 0.4) is 0 Å². The second-order valence-corrected chi connectivity index (χ2v) is 9.92. The van der Waals surface area contributed by atoms with E-state index in [9.17, 15) is 18.0 Å². The van der Waals surface area contributed by atoms with Crippen molar-refractivity contribution in [3.05, 3.63) is 70.4 Å². The molecule has 4 aromatic rings. The Hall–Kier alpha value is -3.17. The number of pyridine rings is 1.